The molecule has 5 rings (SSSR count). The van der Waals surface area contributed by atoms with Gasteiger partial charge in [-0.3, -0.25) is 4.79 Å². The SMILES string of the molecule is COC(=O)c1c(-c2ccc(C)cc2)csc1NC(=O)C(Sc1cccc(NC(=S)Nc2ccc(C)cc2)c1)c1ccccc1. The van der Waals surface area contributed by atoms with Crippen LogP contribution in [-0.2, 0) is 9.53 Å². The molecule has 0 aliphatic rings. The molecule has 4 aromatic carbocycles. The Kier molecular flexibility index (Phi) is 10.1. The van der Waals surface area contributed by atoms with E-state index in [-0.39, 0.29) is 5.91 Å². The maximum absolute atomic E-state index is 13.9. The molecule has 9 heteroatoms. The third-order valence-corrected chi connectivity index (χ3v) is 9.12. The molecule has 0 radical (unpaired) electrons. The zero-order valence-electron chi connectivity index (χ0n) is 24.4. The molecule has 44 heavy (non-hydrogen) atoms. The van der Waals surface area contributed by atoms with Crippen LogP contribution in [0.25, 0.3) is 11.1 Å². The second-order valence-electron chi connectivity index (χ2n) is 10.1. The predicted octanol–water partition coefficient (Wildman–Crippen LogP) is 9.10. The summed E-state index contributed by atoms with van der Waals surface area (Å²) in [6.07, 6.45) is 0. The Morgan fingerprint density at radius 3 is 2.14 bits per heavy atom. The van der Waals surface area contributed by atoms with Crippen LogP contribution in [0.15, 0.2) is 113 Å². The third-order valence-electron chi connectivity index (χ3n) is 6.78. The lowest BCUT2D eigenvalue weighted by Gasteiger charge is -2.18. The molecule has 0 aliphatic carbocycles. The number of carbonyl (C=O) groups is 2. The van der Waals surface area contributed by atoms with Crippen LogP contribution in [0.2, 0.25) is 0 Å². The maximum atomic E-state index is 13.9. The van der Waals surface area contributed by atoms with Gasteiger partial charge >= 0.3 is 5.97 Å². The summed E-state index contributed by atoms with van der Waals surface area (Å²) in [5, 5.41) is 11.7. The van der Waals surface area contributed by atoms with E-state index in [1.54, 1.807) is 0 Å². The second kappa shape index (κ2) is 14.4. The number of hydrogen-bond acceptors (Lipinski definition) is 6. The predicted molar refractivity (Wildman–Crippen MR) is 187 cm³/mol. The topological polar surface area (TPSA) is 79.5 Å². The molecular weight excluding hydrogens is 607 g/mol. The van der Waals surface area contributed by atoms with Gasteiger partial charge in [-0.2, -0.15) is 0 Å². The summed E-state index contributed by atoms with van der Waals surface area (Å²) >= 11 is 8.25. The number of anilines is 3. The molecule has 1 unspecified atom stereocenters. The van der Waals surface area contributed by atoms with E-state index in [1.807, 2.05) is 122 Å². The second-order valence-corrected chi connectivity index (χ2v) is 12.5. The maximum Gasteiger partial charge on any atom is 0.341 e. The number of thioether (sulfide) groups is 1. The average Bonchev–Trinajstić information content (AvgIpc) is 3.44. The highest BCUT2D eigenvalue weighted by Gasteiger charge is 2.27. The number of aryl methyl sites for hydroxylation is 2. The zero-order chi connectivity index (χ0) is 31.1. The fraction of sp³-hybridized carbons (Fsp3) is 0.114. The van der Waals surface area contributed by atoms with Crippen molar-refractivity contribution >= 4 is 68.7 Å². The largest absolute Gasteiger partial charge is 0.465 e. The summed E-state index contributed by atoms with van der Waals surface area (Å²) in [5.74, 6) is -0.756. The van der Waals surface area contributed by atoms with Gasteiger partial charge in [-0.1, -0.05) is 83.9 Å². The minimum atomic E-state index is -0.598. The zero-order valence-corrected chi connectivity index (χ0v) is 26.9. The number of thiocarbonyl (C=S) groups is 1. The highest BCUT2D eigenvalue weighted by molar-refractivity contribution is 8.00. The van der Waals surface area contributed by atoms with Crippen LogP contribution < -0.4 is 16.0 Å². The molecule has 6 nitrogen and oxygen atoms in total. The molecule has 1 heterocycles. The van der Waals surface area contributed by atoms with E-state index < -0.39 is 11.2 Å². The van der Waals surface area contributed by atoms with E-state index in [9.17, 15) is 9.59 Å². The first kappa shape index (κ1) is 31.0. The Balaban J connectivity index is 1.37. The lowest BCUT2D eigenvalue weighted by atomic mass is 10.0. The van der Waals surface area contributed by atoms with Crippen molar-refractivity contribution in [1.82, 2.24) is 0 Å². The summed E-state index contributed by atoms with van der Waals surface area (Å²) in [4.78, 5) is 27.7. The van der Waals surface area contributed by atoms with Crippen LogP contribution in [-0.4, -0.2) is 24.1 Å². The van der Waals surface area contributed by atoms with Gasteiger partial charge in [-0.25, -0.2) is 4.79 Å². The molecule has 1 atom stereocenters. The Morgan fingerprint density at radius 2 is 1.45 bits per heavy atom. The van der Waals surface area contributed by atoms with Gasteiger partial charge in [0, 0.05) is 27.2 Å². The summed E-state index contributed by atoms with van der Waals surface area (Å²) in [7, 11) is 1.34. The van der Waals surface area contributed by atoms with Crippen LogP contribution in [0.5, 0.6) is 0 Å². The highest BCUT2D eigenvalue weighted by atomic mass is 32.2. The van der Waals surface area contributed by atoms with E-state index in [0.717, 1.165) is 38.5 Å². The van der Waals surface area contributed by atoms with Gasteiger partial charge in [0.1, 0.15) is 15.8 Å². The van der Waals surface area contributed by atoms with Gasteiger partial charge in [0.15, 0.2) is 5.11 Å². The minimum absolute atomic E-state index is 0.251. The van der Waals surface area contributed by atoms with Gasteiger partial charge in [-0.05, 0) is 67.5 Å². The van der Waals surface area contributed by atoms with Crippen molar-refractivity contribution in [3.8, 4) is 11.1 Å². The van der Waals surface area contributed by atoms with Crippen LogP contribution in [0.3, 0.4) is 0 Å². The lowest BCUT2D eigenvalue weighted by Crippen LogP contribution is -2.20. The lowest BCUT2D eigenvalue weighted by molar-refractivity contribution is -0.115. The van der Waals surface area contributed by atoms with E-state index in [2.05, 4.69) is 16.0 Å². The van der Waals surface area contributed by atoms with Crippen molar-refractivity contribution in [2.45, 2.75) is 24.0 Å². The van der Waals surface area contributed by atoms with Crippen LogP contribution in [0.4, 0.5) is 16.4 Å². The number of methoxy groups -OCH3 is 1. The Labute approximate surface area is 270 Å². The Morgan fingerprint density at radius 1 is 0.795 bits per heavy atom. The fourth-order valence-corrected chi connectivity index (χ4v) is 6.77. The summed E-state index contributed by atoms with van der Waals surface area (Å²) in [6, 6.07) is 33.2. The number of benzene rings is 4. The molecule has 0 saturated heterocycles. The molecule has 0 saturated carbocycles. The number of rotatable bonds is 9. The number of thiophene rings is 1. The molecule has 3 N–H and O–H groups in total. The number of hydrogen-bond donors (Lipinski definition) is 3. The number of nitrogens with one attached hydrogen (secondary N) is 3. The summed E-state index contributed by atoms with van der Waals surface area (Å²) in [6.45, 7) is 4.04. The smallest absolute Gasteiger partial charge is 0.341 e. The minimum Gasteiger partial charge on any atom is -0.465 e. The molecule has 0 spiro atoms. The highest BCUT2D eigenvalue weighted by Crippen LogP contribution is 2.40. The van der Waals surface area contributed by atoms with Gasteiger partial charge in [-0.15, -0.1) is 23.1 Å². The molecule has 0 aliphatic heterocycles. The number of amides is 1. The van der Waals surface area contributed by atoms with Crippen molar-refractivity contribution in [2.75, 3.05) is 23.1 Å². The molecule has 0 fully saturated rings. The van der Waals surface area contributed by atoms with Crippen molar-refractivity contribution in [2.24, 2.45) is 0 Å². The molecule has 1 amide bonds. The molecule has 1 aromatic heterocycles. The number of ether oxygens (including phenoxy) is 1. The van der Waals surface area contributed by atoms with E-state index >= 15 is 0 Å². The Hall–Kier alpha value is -4.44. The number of esters is 1. The van der Waals surface area contributed by atoms with Crippen molar-refractivity contribution in [1.29, 1.82) is 0 Å². The molecule has 0 bridgehead atoms. The van der Waals surface area contributed by atoms with Gasteiger partial charge in [0.2, 0.25) is 5.91 Å². The first-order chi connectivity index (χ1) is 21.3. The molecule has 222 valence electrons. The van der Waals surface area contributed by atoms with Crippen molar-refractivity contribution in [3.05, 3.63) is 131 Å². The van der Waals surface area contributed by atoms with E-state index in [1.165, 1.54) is 35.8 Å². The average molecular weight is 638 g/mol. The first-order valence-electron chi connectivity index (χ1n) is 13.8. The first-order valence-corrected chi connectivity index (χ1v) is 16.0. The van der Waals surface area contributed by atoms with Gasteiger partial charge < -0.3 is 20.7 Å². The van der Waals surface area contributed by atoms with Crippen LogP contribution in [0.1, 0.15) is 32.3 Å². The molecule has 5 aromatic rings. The number of carbonyl (C=O) groups excluding carboxylic acids is 2. The van der Waals surface area contributed by atoms with Crippen LogP contribution >= 0.6 is 35.3 Å². The third kappa shape index (κ3) is 7.74. The van der Waals surface area contributed by atoms with Gasteiger partial charge in [0.05, 0.1) is 7.11 Å². The quantitative estimate of drug-likeness (QED) is 0.0845. The van der Waals surface area contributed by atoms with Gasteiger partial charge in [0.25, 0.3) is 0 Å². The Bertz CT molecular complexity index is 1770. The van der Waals surface area contributed by atoms with E-state index in [0.29, 0.717) is 15.7 Å². The summed E-state index contributed by atoms with van der Waals surface area (Å²) in [5.41, 5.74) is 6.74. The van der Waals surface area contributed by atoms with Crippen molar-refractivity contribution in [3.63, 3.8) is 0 Å². The fourth-order valence-electron chi connectivity index (χ4n) is 4.49. The monoisotopic (exact) mass is 637 g/mol. The van der Waals surface area contributed by atoms with E-state index in [4.69, 9.17) is 17.0 Å². The van der Waals surface area contributed by atoms with Crippen molar-refractivity contribution < 1.29 is 14.3 Å². The standard InChI is InChI=1S/C35H31N3O3S3/c1-22-12-16-24(17-13-22)29-21-43-33(30(29)34(40)41-3)38-32(39)31(25-8-5-4-6-9-25)44-28-11-7-10-27(20-28)37-35(42)36-26-18-14-23(2)15-19-26/h4-21,31H,1-3H3,(H,38,39)(H2,36,37,42). The van der Waals surface area contributed by atoms with Crippen LogP contribution in [0, 0.1) is 13.8 Å². The molecular formula is C35H31N3O3S3. The normalized spacial score (nSPS) is 11.3. The summed E-state index contributed by atoms with van der Waals surface area (Å²) < 4.78 is 5.12.